The number of carbonyl (C=O) groups excluding carboxylic acids is 2. The van der Waals surface area contributed by atoms with Gasteiger partial charge in [0.1, 0.15) is 11.6 Å². The summed E-state index contributed by atoms with van der Waals surface area (Å²) < 4.78 is 0. The number of amides is 2. The molecule has 0 atom stereocenters. The minimum atomic E-state index is -0.213. The van der Waals surface area contributed by atoms with Gasteiger partial charge in [0, 0.05) is 43.5 Å². The van der Waals surface area contributed by atoms with E-state index in [1.54, 1.807) is 6.26 Å². The van der Waals surface area contributed by atoms with Crippen LogP contribution in [0.3, 0.4) is 0 Å². The van der Waals surface area contributed by atoms with E-state index in [-0.39, 0.29) is 11.8 Å². The lowest BCUT2D eigenvalue weighted by Gasteiger charge is -2.34. The molecule has 0 radical (unpaired) electrons. The molecule has 0 saturated carbocycles. The van der Waals surface area contributed by atoms with Gasteiger partial charge in [-0.3, -0.25) is 14.5 Å². The highest BCUT2D eigenvalue weighted by Crippen LogP contribution is 2.25. The Morgan fingerprint density at radius 3 is 1.93 bits per heavy atom. The topological polar surface area (TPSA) is 118 Å². The lowest BCUT2D eigenvalue weighted by Crippen LogP contribution is -2.48. The molecular formula is C36H52N6O2S. The summed E-state index contributed by atoms with van der Waals surface area (Å²) in [6.45, 7) is 15.4. The van der Waals surface area contributed by atoms with E-state index < -0.39 is 0 Å². The summed E-state index contributed by atoms with van der Waals surface area (Å²) in [5.41, 5.74) is 14.6. The van der Waals surface area contributed by atoms with Gasteiger partial charge in [-0.05, 0) is 41.5 Å². The van der Waals surface area contributed by atoms with Gasteiger partial charge in [-0.1, -0.05) is 102 Å². The van der Waals surface area contributed by atoms with Gasteiger partial charge in [-0.25, -0.2) is 9.97 Å². The maximum Gasteiger partial charge on any atom is 0.254 e. The van der Waals surface area contributed by atoms with Crippen molar-refractivity contribution >= 4 is 41.2 Å². The van der Waals surface area contributed by atoms with Gasteiger partial charge in [0.15, 0.2) is 0 Å². The second-order valence-corrected chi connectivity index (χ2v) is 10.1. The summed E-state index contributed by atoms with van der Waals surface area (Å²) in [5, 5.41) is 0.878. The van der Waals surface area contributed by atoms with E-state index in [0.29, 0.717) is 37.8 Å². The number of hydrogen-bond donors (Lipinski definition) is 3. The Hall–Kier alpha value is -3.95. The van der Waals surface area contributed by atoms with Crippen LogP contribution in [0.1, 0.15) is 64.1 Å². The molecule has 0 spiro atoms. The number of carbonyl (C=O) groups is 2. The third-order valence-corrected chi connectivity index (χ3v) is 6.56. The molecule has 9 heteroatoms. The highest BCUT2D eigenvalue weighted by Gasteiger charge is 2.24. The van der Waals surface area contributed by atoms with Crippen molar-refractivity contribution in [3.05, 3.63) is 90.3 Å². The first kappa shape index (κ1) is 39.1. The lowest BCUT2D eigenvalue weighted by molar-refractivity contribution is -0.118. The van der Waals surface area contributed by atoms with Crippen molar-refractivity contribution in [2.45, 2.75) is 54.5 Å². The van der Waals surface area contributed by atoms with Crippen LogP contribution in [-0.4, -0.2) is 64.0 Å². The normalized spacial score (nSPS) is 12.2. The van der Waals surface area contributed by atoms with E-state index in [9.17, 15) is 9.59 Å². The van der Waals surface area contributed by atoms with Gasteiger partial charge >= 0.3 is 0 Å². The molecule has 1 aliphatic rings. The minimum Gasteiger partial charge on any atom is -0.383 e. The first-order chi connectivity index (χ1) is 21.8. The summed E-state index contributed by atoms with van der Waals surface area (Å²) >= 11 is 3.53. The number of primary amides is 1. The number of hydrogen-bond acceptors (Lipinski definition) is 7. The number of aromatic nitrogens is 2. The van der Waals surface area contributed by atoms with E-state index >= 15 is 0 Å². The van der Waals surface area contributed by atoms with Crippen LogP contribution in [0.5, 0.6) is 0 Å². The number of nitrogen functional groups attached to an aromatic ring is 1. The smallest absolute Gasteiger partial charge is 0.254 e. The van der Waals surface area contributed by atoms with Gasteiger partial charge < -0.3 is 16.4 Å². The quantitative estimate of drug-likeness (QED) is 0.198. The average molecular weight is 633 g/mol. The fourth-order valence-corrected chi connectivity index (χ4v) is 4.64. The molecule has 1 aromatic heterocycles. The van der Waals surface area contributed by atoms with Crippen molar-refractivity contribution in [1.29, 1.82) is 0 Å². The second kappa shape index (κ2) is 21.7. The summed E-state index contributed by atoms with van der Waals surface area (Å²) in [6, 6.07) is 25.7. The van der Waals surface area contributed by atoms with Crippen molar-refractivity contribution in [2.24, 2.45) is 11.7 Å². The molecule has 244 valence electrons. The maximum absolute atomic E-state index is 13.3. The standard InChI is InChI=1S/C26H25N5O.C5H11NO.2C2H6.CH4S/c27-25-22-12-6-7-13-23(22)28-24(29-25)18-30-14-16-31(17-15-30)26(32)21-11-5-4-10-20(21)19-8-2-1-3-9-19;1-4(2)3-5(6)7;3*1-2/h1-13H,14-18H2,(H2,27,28,29);4H,3H2,1-2H3,(H2,6,7);2*1-2H3;2H,1H3. The van der Waals surface area contributed by atoms with Crippen LogP contribution in [0.2, 0.25) is 0 Å². The van der Waals surface area contributed by atoms with Crippen molar-refractivity contribution in [3.63, 3.8) is 0 Å². The van der Waals surface area contributed by atoms with Crippen LogP contribution in [0.25, 0.3) is 22.0 Å². The molecule has 2 heterocycles. The Kier molecular flexibility index (Phi) is 18.8. The number of nitrogens with zero attached hydrogens (tertiary/aromatic N) is 4. The van der Waals surface area contributed by atoms with E-state index in [1.807, 2.05) is 125 Å². The fraction of sp³-hybridized carbons (Fsp3) is 0.389. The largest absolute Gasteiger partial charge is 0.383 e. The fourth-order valence-electron chi connectivity index (χ4n) is 4.64. The molecule has 2 amide bonds. The van der Waals surface area contributed by atoms with E-state index in [1.165, 1.54) is 0 Å². The van der Waals surface area contributed by atoms with Crippen LogP contribution < -0.4 is 11.5 Å². The van der Waals surface area contributed by atoms with Crippen molar-refractivity contribution in [3.8, 4) is 11.1 Å². The van der Waals surface area contributed by atoms with Crippen LogP contribution in [0.15, 0.2) is 78.9 Å². The van der Waals surface area contributed by atoms with Crippen LogP contribution in [0.4, 0.5) is 5.82 Å². The summed E-state index contributed by atoms with van der Waals surface area (Å²) in [7, 11) is 0. The maximum atomic E-state index is 13.3. The highest BCUT2D eigenvalue weighted by atomic mass is 32.1. The second-order valence-electron chi connectivity index (χ2n) is 10.1. The molecule has 1 aliphatic heterocycles. The van der Waals surface area contributed by atoms with Crippen LogP contribution in [-0.2, 0) is 11.3 Å². The highest BCUT2D eigenvalue weighted by molar-refractivity contribution is 7.79. The number of fused-ring (bicyclic) bond motifs is 1. The van der Waals surface area contributed by atoms with Gasteiger partial charge in [0.05, 0.1) is 12.1 Å². The zero-order valence-corrected chi connectivity index (χ0v) is 28.9. The first-order valence-electron chi connectivity index (χ1n) is 15.7. The molecule has 0 unspecified atom stereocenters. The van der Waals surface area contributed by atoms with Gasteiger partial charge in [-0.15, -0.1) is 0 Å². The number of thiol groups is 1. The molecule has 8 nitrogen and oxygen atoms in total. The molecule has 1 saturated heterocycles. The SMILES string of the molecule is CC.CC.CC(C)CC(N)=O.CS.Nc1nc(CN2CCN(C(=O)c3ccccc3-c3ccccc3)CC2)nc2ccccc12. The third-order valence-electron chi connectivity index (χ3n) is 6.56. The van der Waals surface area contributed by atoms with Crippen molar-refractivity contribution in [1.82, 2.24) is 19.8 Å². The molecule has 5 rings (SSSR count). The molecular weight excluding hydrogens is 581 g/mol. The lowest BCUT2D eigenvalue weighted by atomic mass is 9.98. The predicted molar refractivity (Wildman–Crippen MR) is 193 cm³/mol. The van der Waals surface area contributed by atoms with Crippen molar-refractivity contribution in [2.75, 3.05) is 38.2 Å². The van der Waals surface area contributed by atoms with Crippen molar-refractivity contribution < 1.29 is 9.59 Å². The van der Waals surface area contributed by atoms with Gasteiger partial charge in [-0.2, -0.15) is 12.6 Å². The Morgan fingerprint density at radius 1 is 0.800 bits per heavy atom. The summed E-state index contributed by atoms with van der Waals surface area (Å²) in [6.07, 6.45) is 2.19. The van der Waals surface area contributed by atoms with Crippen LogP contribution in [0, 0.1) is 5.92 Å². The molecule has 0 aliphatic carbocycles. The summed E-state index contributed by atoms with van der Waals surface area (Å²) in [4.78, 5) is 36.7. The summed E-state index contributed by atoms with van der Waals surface area (Å²) in [5.74, 6) is 1.50. The predicted octanol–water partition coefficient (Wildman–Crippen LogP) is 6.95. The average Bonchev–Trinajstić information content (AvgIpc) is 3.08. The molecule has 1 fully saturated rings. The molecule has 4 N–H and O–H groups in total. The Labute approximate surface area is 275 Å². The zero-order valence-electron chi connectivity index (χ0n) is 28.0. The van der Waals surface area contributed by atoms with E-state index in [4.69, 9.17) is 11.5 Å². The third kappa shape index (κ3) is 12.5. The monoisotopic (exact) mass is 632 g/mol. The van der Waals surface area contributed by atoms with Gasteiger partial charge in [0.25, 0.3) is 5.91 Å². The Morgan fingerprint density at radius 2 is 1.36 bits per heavy atom. The molecule has 4 aromatic rings. The number of anilines is 1. The number of benzene rings is 3. The number of nitrogens with two attached hydrogens (primary N) is 2. The number of para-hydroxylation sites is 1. The molecule has 3 aromatic carbocycles. The minimum absolute atomic E-state index is 0.0790. The van der Waals surface area contributed by atoms with Crippen LogP contribution >= 0.6 is 12.6 Å². The van der Waals surface area contributed by atoms with E-state index in [0.717, 1.165) is 46.5 Å². The molecule has 0 bridgehead atoms. The Balaban J connectivity index is 0.000000674. The Bertz CT molecular complexity index is 1420. The van der Waals surface area contributed by atoms with Gasteiger partial charge in [0.2, 0.25) is 5.91 Å². The number of rotatable bonds is 6. The number of piperazine rings is 1. The first-order valence-corrected chi connectivity index (χ1v) is 16.6. The molecule has 45 heavy (non-hydrogen) atoms. The zero-order chi connectivity index (χ0) is 33.8. The van der Waals surface area contributed by atoms with E-state index in [2.05, 4.69) is 27.5 Å².